The second-order valence-corrected chi connectivity index (χ2v) is 4.87. The fraction of sp³-hybridized carbons (Fsp3) is 0.111. The van der Waals surface area contributed by atoms with Crippen molar-refractivity contribution < 1.29 is 19.5 Å². The van der Waals surface area contributed by atoms with Gasteiger partial charge in [0, 0.05) is 18.2 Å². The summed E-state index contributed by atoms with van der Waals surface area (Å²) in [7, 11) is 0. The van der Waals surface area contributed by atoms with Gasteiger partial charge in [-0.15, -0.1) is 0 Å². The SMILES string of the molecule is O=C(/C=C/c1cccc(O)c1)NCCONC(=O)c1ccccc1. The first kappa shape index (κ1) is 17.2. The minimum atomic E-state index is -0.342. The van der Waals surface area contributed by atoms with Crippen LogP contribution < -0.4 is 10.8 Å². The topological polar surface area (TPSA) is 87.7 Å². The van der Waals surface area contributed by atoms with Crippen LogP contribution >= 0.6 is 0 Å². The first-order valence-corrected chi connectivity index (χ1v) is 7.37. The highest BCUT2D eigenvalue weighted by atomic mass is 16.6. The van der Waals surface area contributed by atoms with Crippen molar-refractivity contribution in [1.29, 1.82) is 0 Å². The molecular formula is C18H18N2O4. The third kappa shape index (κ3) is 5.94. The van der Waals surface area contributed by atoms with E-state index in [2.05, 4.69) is 10.8 Å². The summed E-state index contributed by atoms with van der Waals surface area (Å²) in [5, 5.41) is 11.9. The predicted octanol–water partition coefficient (Wildman–Crippen LogP) is 1.88. The molecule has 3 N–H and O–H groups in total. The minimum absolute atomic E-state index is 0.139. The standard InChI is InChI=1S/C18H18N2O4/c21-16-8-4-5-14(13-16)9-10-17(22)19-11-12-24-20-18(23)15-6-2-1-3-7-15/h1-10,13,21H,11-12H2,(H,19,22)(H,20,23)/b10-9+. The van der Waals surface area contributed by atoms with Gasteiger partial charge in [0.15, 0.2) is 0 Å². The molecule has 0 aliphatic carbocycles. The molecule has 0 aliphatic rings. The number of hydrogen-bond acceptors (Lipinski definition) is 4. The first-order chi connectivity index (χ1) is 11.6. The Balaban J connectivity index is 1.63. The molecule has 0 bridgehead atoms. The van der Waals surface area contributed by atoms with Gasteiger partial charge < -0.3 is 10.4 Å². The number of benzene rings is 2. The Bertz CT molecular complexity index is 714. The third-order valence-corrected chi connectivity index (χ3v) is 3.00. The van der Waals surface area contributed by atoms with Crippen molar-refractivity contribution in [2.24, 2.45) is 0 Å². The maximum Gasteiger partial charge on any atom is 0.274 e. The first-order valence-electron chi connectivity index (χ1n) is 7.37. The van der Waals surface area contributed by atoms with Crippen molar-refractivity contribution >= 4 is 17.9 Å². The molecule has 0 spiro atoms. The second-order valence-electron chi connectivity index (χ2n) is 4.87. The Morgan fingerprint density at radius 2 is 1.88 bits per heavy atom. The third-order valence-electron chi connectivity index (χ3n) is 3.00. The van der Waals surface area contributed by atoms with Gasteiger partial charge in [-0.05, 0) is 35.9 Å². The summed E-state index contributed by atoms with van der Waals surface area (Å²) in [4.78, 5) is 28.3. The Labute approximate surface area is 139 Å². The molecule has 0 unspecified atom stereocenters. The van der Waals surface area contributed by atoms with Gasteiger partial charge in [-0.25, -0.2) is 5.48 Å². The molecule has 0 aliphatic heterocycles. The highest BCUT2D eigenvalue weighted by Crippen LogP contribution is 2.11. The van der Waals surface area contributed by atoms with Crippen molar-refractivity contribution in [3.05, 3.63) is 71.8 Å². The van der Waals surface area contributed by atoms with Crippen LogP contribution in [-0.2, 0) is 9.63 Å². The maximum absolute atomic E-state index is 11.7. The number of hydrogen-bond donors (Lipinski definition) is 3. The Hall–Kier alpha value is -3.12. The minimum Gasteiger partial charge on any atom is -0.508 e. The van der Waals surface area contributed by atoms with Crippen molar-refractivity contribution in [2.75, 3.05) is 13.2 Å². The normalized spacial score (nSPS) is 10.5. The van der Waals surface area contributed by atoms with Crippen LogP contribution in [-0.4, -0.2) is 30.1 Å². The lowest BCUT2D eigenvalue weighted by atomic mass is 10.2. The largest absolute Gasteiger partial charge is 0.508 e. The van der Waals surface area contributed by atoms with E-state index >= 15 is 0 Å². The Kier molecular flexibility index (Phi) is 6.55. The molecule has 0 atom stereocenters. The fourth-order valence-corrected chi connectivity index (χ4v) is 1.85. The average Bonchev–Trinajstić information content (AvgIpc) is 2.60. The van der Waals surface area contributed by atoms with Crippen LogP contribution in [0.1, 0.15) is 15.9 Å². The van der Waals surface area contributed by atoms with Gasteiger partial charge >= 0.3 is 0 Å². The highest BCUT2D eigenvalue weighted by molar-refractivity contribution is 5.93. The molecule has 2 rings (SSSR count). The molecule has 0 heterocycles. The number of carbonyl (C=O) groups excluding carboxylic acids is 2. The van der Waals surface area contributed by atoms with Gasteiger partial charge in [0.1, 0.15) is 5.75 Å². The maximum atomic E-state index is 11.7. The zero-order valence-electron chi connectivity index (χ0n) is 12.9. The summed E-state index contributed by atoms with van der Waals surface area (Å²) in [5.41, 5.74) is 3.52. The van der Waals surface area contributed by atoms with Gasteiger partial charge in [-0.2, -0.15) is 0 Å². The summed E-state index contributed by atoms with van der Waals surface area (Å²) in [6.45, 7) is 0.391. The van der Waals surface area contributed by atoms with E-state index in [9.17, 15) is 14.7 Å². The van der Waals surface area contributed by atoms with Gasteiger partial charge in [0.05, 0.1) is 6.61 Å². The number of nitrogens with one attached hydrogen (secondary N) is 2. The molecule has 2 aromatic rings. The number of phenols is 1. The van der Waals surface area contributed by atoms with E-state index in [0.29, 0.717) is 5.56 Å². The van der Waals surface area contributed by atoms with Crippen molar-refractivity contribution in [3.63, 3.8) is 0 Å². The molecule has 0 saturated carbocycles. The number of rotatable bonds is 7. The number of hydroxylamine groups is 1. The van der Waals surface area contributed by atoms with Gasteiger partial charge in [-0.3, -0.25) is 14.4 Å². The van der Waals surface area contributed by atoms with Crippen molar-refractivity contribution in [1.82, 2.24) is 10.8 Å². The van der Waals surface area contributed by atoms with E-state index < -0.39 is 0 Å². The van der Waals surface area contributed by atoms with Crippen LogP contribution in [0.15, 0.2) is 60.7 Å². The Morgan fingerprint density at radius 1 is 1.08 bits per heavy atom. The van der Waals surface area contributed by atoms with E-state index in [1.165, 1.54) is 6.08 Å². The number of carbonyl (C=O) groups is 2. The number of amides is 2. The average molecular weight is 326 g/mol. The molecular weight excluding hydrogens is 308 g/mol. The molecule has 0 saturated heterocycles. The van der Waals surface area contributed by atoms with Crippen LogP contribution in [0, 0.1) is 0 Å². The van der Waals surface area contributed by atoms with Crippen LogP contribution in [0.25, 0.3) is 6.08 Å². The summed E-state index contributed by atoms with van der Waals surface area (Å²) in [5.74, 6) is -0.498. The van der Waals surface area contributed by atoms with Gasteiger partial charge in [0.25, 0.3) is 5.91 Å². The molecule has 0 radical (unpaired) electrons. The van der Waals surface area contributed by atoms with Crippen molar-refractivity contribution in [3.8, 4) is 5.75 Å². The number of phenolic OH excluding ortho intramolecular Hbond substituents is 1. The lowest BCUT2D eigenvalue weighted by Crippen LogP contribution is -2.30. The zero-order chi connectivity index (χ0) is 17.2. The highest BCUT2D eigenvalue weighted by Gasteiger charge is 2.03. The molecule has 2 amide bonds. The molecule has 6 heteroatoms. The predicted molar refractivity (Wildman–Crippen MR) is 90.0 cm³/mol. The molecule has 124 valence electrons. The Morgan fingerprint density at radius 3 is 2.62 bits per heavy atom. The molecule has 0 aromatic heterocycles. The fourth-order valence-electron chi connectivity index (χ4n) is 1.85. The summed E-state index contributed by atoms with van der Waals surface area (Å²) < 4.78 is 0. The summed E-state index contributed by atoms with van der Waals surface area (Å²) in [6.07, 6.45) is 2.95. The van der Waals surface area contributed by atoms with Crippen LogP contribution in [0.4, 0.5) is 0 Å². The van der Waals surface area contributed by atoms with Crippen LogP contribution in [0.5, 0.6) is 5.75 Å². The molecule has 2 aromatic carbocycles. The zero-order valence-corrected chi connectivity index (χ0v) is 12.9. The lowest BCUT2D eigenvalue weighted by Gasteiger charge is -2.06. The lowest BCUT2D eigenvalue weighted by molar-refractivity contribution is -0.116. The second kappa shape index (κ2) is 9.12. The van der Waals surface area contributed by atoms with Crippen molar-refractivity contribution in [2.45, 2.75) is 0 Å². The summed E-state index contributed by atoms with van der Waals surface area (Å²) in [6, 6.07) is 15.2. The van der Waals surface area contributed by atoms with E-state index in [0.717, 1.165) is 5.56 Å². The smallest absolute Gasteiger partial charge is 0.274 e. The van der Waals surface area contributed by atoms with E-state index in [4.69, 9.17) is 4.84 Å². The molecule has 0 fully saturated rings. The molecule has 6 nitrogen and oxygen atoms in total. The van der Waals surface area contributed by atoms with Crippen LogP contribution in [0.3, 0.4) is 0 Å². The summed E-state index contributed by atoms with van der Waals surface area (Å²) >= 11 is 0. The van der Waals surface area contributed by atoms with E-state index in [-0.39, 0.29) is 30.7 Å². The number of aromatic hydroxyl groups is 1. The van der Waals surface area contributed by atoms with Gasteiger partial charge in [0.2, 0.25) is 5.91 Å². The molecule has 24 heavy (non-hydrogen) atoms. The van der Waals surface area contributed by atoms with Gasteiger partial charge in [-0.1, -0.05) is 30.3 Å². The van der Waals surface area contributed by atoms with E-state index in [1.807, 2.05) is 6.07 Å². The van der Waals surface area contributed by atoms with E-state index in [1.54, 1.807) is 54.6 Å². The van der Waals surface area contributed by atoms with Crippen LogP contribution in [0.2, 0.25) is 0 Å². The quantitative estimate of drug-likeness (QED) is 0.412. The monoisotopic (exact) mass is 326 g/mol.